The van der Waals surface area contributed by atoms with Gasteiger partial charge in [0.2, 0.25) is 0 Å². The minimum Gasteiger partial charge on any atom is -0.305 e. The lowest BCUT2D eigenvalue weighted by Crippen LogP contribution is -2.18. The van der Waals surface area contributed by atoms with Crippen molar-refractivity contribution in [2.45, 2.75) is 38.9 Å². The van der Waals surface area contributed by atoms with E-state index in [0.29, 0.717) is 12.1 Å². The zero-order valence-electron chi connectivity index (χ0n) is 10.8. The lowest BCUT2D eigenvalue weighted by molar-refractivity contribution is 0.477. The van der Waals surface area contributed by atoms with Gasteiger partial charge in [0.1, 0.15) is 12.2 Å². The zero-order chi connectivity index (χ0) is 12.5. The molecule has 0 aliphatic carbocycles. The van der Waals surface area contributed by atoms with E-state index in [2.05, 4.69) is 53.5 Å². The Hall–Kier alpha value is -1.68. The van der Waals surface area contributed by atoms with E-state index in [9.17, 15) is 0 Å². The van der Waals surface area contributed by atoms with Gasteiger partial charge in [0.05, 0.1) is 0 Å². The highest BCUT2D eigenvalue weighted by Crippen LogP contribution is 2.27. The van der Waals surface area contributed by atoms with Gasteiger partial charge in [-0.2, -0.15) is 5.10 Å². The van der Waals surface area contributed by atoms with Crippen molar-refractivity contribution in [2.24, 2.45) is 0 Å². The number of nitrogens with zero attached hydrogens (tertiary/aromatic N) is 3. The third kappa shape index (κ3) is 1.93. The van der Waals surface area contributed by atoms with Crippen LogP contribution in [0, 0.1) is 0 Å². The van der Waals surface area contributed by atoms with Crippen molar-refractivity contribution in [3.05, 3.63) is 47.5 Å². The van der Waals surface area contributed by atoms with Crippen molar-refractivity contribution >= 4 is 0 Å². The van der Waals surface area contributed by atoms with E-state index in [1.807, 2.05) is 4.68 Å². The van der Waals surface area contributed by atoms with E-state index in [1.54, 1.807) is 6.33 Å². The van der Waals surface area contributed by atoms with Crippen molar-refractivity contribution < 1.29 is 0 Å². The molecule has 0 saturated carbocycles. The first kappa shape index (κ1) is 11.4. The molecule has 0 fully saturated rings. The maximum Gasteiger partial charge on any atom is 0.138 e. The van der Waals surface area contributed by atoms with Crippen molar-refractivity contribution in [3.8, 4) is 0 Å². The third-order valence-electron chi connectivity index (χ3n) is 3.49. The van der Waals surface area contributed by atoms with Gasteiger partial charge in [0.15, 0.2) is 0 Å². The van der Waals surface area contributed by atoms with Crippen LogP contribution in [0.25, 0.3) is 0 Å². The van der Waals surface area contributed by atoms with E-state index in [0.717, 1.165) is 18.8 Å². The molecular weight excluding hydrogens is 224 g/mol. The maximum absolute atomic E-state index is 4.39. The molecule has 1 aromatic carbocycles. The lowest BCUT2D eigenvalue weighted by atomic mass is 10.0. The summed E-state index contributed by atoms with van der Waals surface area (Å²) >= 11 is 0. The summed E-state index contributed by atoms with van der Waals surface area (Å²) in [6, 6.07) is 9.32. The molecule has 0 amide bonds. The second kappa shape index (κ2) is 4.53. The lowest BCUT2D eigenvalue weighted by Gasteiger charge is -2.14. The summed E-state index contributed by atoms with van der Waals surface area (Å²) in [6.45, 7) is 5.22. The van der Waals surface area contributed by atoms with Crippen LogP contribution >= 0.6 is 0 Å². The predicted octanol–water partition coefficient (Wildman–Crippen LogP) is 2.25. The smallest absolute Gasteiger partial charge is 0.138 e. The standard InChI is InChI=1S/C14H18N4/c1-10(2)18-14(16-9-17-18)7-13-12-6-4-3-5-11(12)8-15-13/h3-6,9-10,13,15H,7-8H2,1-2H3. The van der Waals surface area contributed by atoms with E-state index >= 15 is 0 Å². The summed E-state index contributed by atoms with van der Waals surface area (Å²) in [4.78, 5) is 4.39. The first-order chi connectivity index (χ1) is 8.75. The van der Waals surface area contributed by atoms with E-state index in [4.69, 9.17) is 0 Å². The molecule has 1 aliphatic heterocycles. The van der Waals surface area contributed by atoms with Crippen LogP contribution in [0.1, 0.15) is 42.9 Å². The van der Waals surface area contributed by atoms with Gasteiger partial charge in [-0.05, 0) is 25.0 Å². The summed E-state index contributed by atoms with van der Waals surface area (Å²) in [5.74, 6) is 1.05. The third-order valence-corrected chi connectivity index (χ3v) is 3.49. The molecular formula is C14H18N4. The molecule has 94 valence electrons. The average molecular weight is 242 g/mol. The number of hydrogen-bond donors (Lipinski definition) is 1. The van der Waals surface area contributed by atoms with Crippen LogP contribution in [-0.2, 0) is 13.0 Å². The highest BCUT2D eigenvalue weighted by atomic mass is 15.3. The number of aromatic nitrogens is 3. The van der Waals surface area contributed by atoms with Gasteiger partial charge in [0, 0.05) is 25.0 Å². The van der Waals surface area contributed by atoms with Crippen molar-refractivity contribution in [2.75, 3.05) is 0 Å². The molecule has 4 nitrogen and oxygen atoms in total. The molecule has 18 heavy (non-hydrogen) atoms. The molecule has 1 atom stereocenters. The second-order valence-corrected chi connectivity index (χ2v) is 5.05. The first-order valence-corrected chi connectivity index (χ1v) is 6.45. The monoisotopic (exact) mass is 242 g/mol. The fourth-order valence-electron chi connectivity index (χ4n) is 2.59. The molecule has 0 radical (unpaired) electrons. The molecule has 1 aliphatic rings. The van der Waals surface area contributed by atoms with Crippen LogP contribution in [0.15, 0.2) is 30.6 Å². The summed E-state index contributed by atoms with van der Waals surface area (Å²) in [6.07, 6.45) is 2.55. The molecule has 1 aromatic heterocycles. The largest absolute Gasteiger partial charge is 0.305 e. The average Bonchev–Trinajstić information content (AvgIpc) is 2.97. The van der Waals surface area contributed by atoms with Gasteiger partial charge in [0.25, 0.3) is 0 Å². The molecule has 0 bridgehead atoms. The van der Waals surface area contributed by atoms with Gasteiger partial charge in [-0.15, -0.1) is 0 Å². The van der Waals surface area contributed by atoms with Crippen LogP contribution in [-0.4, -0.2) is 14.8 Å². The number of benzene rings is 1. The summed E-state index contributed by atoms with van der Waals surface area (Å²) in [7, 11) is 0. The quantitative estimate of drug-likeness (QED) is 0.897. The fourth-order valence-corrected chi connectivity index (χ4v) is 2.59. The Bertz CT molecular complexity index is 544. The molecule has 2 aromatic rings. The number of fused-ring (bicyclic) bond motifs is 1. The Balaban J connectivity index is 1.84. The predicted molar refractivity (Wildman–Crippen MR) is 70.1 cm³/mol. The molecule has 1 N–H and O–H groups in total. The number of nitrogens with one attached hydrogen (secondary N) is 1. The van der Waals surface area contributed by atoms with Crippen molar-refractivity contribution in [1.29, 1.82) is 0 Å². The number of rotatable bonds is 3. The highest BCUT2D eigenvalue weighted by molar-refractivity contribution is 5.34. The summed E-state index contributed by atoms with van der Waals surface area (Å²) in [5, 5.41) is 7.84. The van der Waals surface area contributed by atoms with Gasteiger partial charge in [-0.25, -0.2) is 9.67 Å². The van der Waals surface area contributed by atoms with Gasteiger partial charge in [-0.1, -0.05) is 24.3 Å². The van der Waals surface area contributed by atoms with Crippen LogP contribution in [0.4, 0.5) is 0 Å². The van der Waals surface area contributed by atoms with Crippen LogP contribution in [0.3, 0.4) is 0 Å². The van der Waals surface area contributed by atoms with Crippen molar-refractivity contribution in [1.82, 2.24) is 20.1 Å². The van der Waals surface area contributed by atoms with Gasteiger partial charge in [-0.3, -0.25) is 0 Å². The molecule has 2 heterocycles. The maximum atomic E-state index is 4.39. The Morgan fingerprint density at radius 1 is 1.39 bits per heavy atom. The fraction of sp³-hybridized carbons (Fsp3) is 0.429. The normalized spacial score (nSPS) is 18.3. The zero-order valence-corrected chi connectivity index (χ0v) is 10.8. The Morgan fingerprint density at radius 3 is 3.06 bits per heavy atom. The Morgan fingerprint density at radius 2 is 2.22 bits per heavy atom. The highest BCUT2D eigenvalue weighted by Gasteiger charge is 2.23. The summed E-state index contributed by atoms with van der Waals surface area (Å²) in [5.41, 5.74) is 2.80. The van der Waals surface area contributed by atoms with E-state index in [1.165, 1.54) is 11.1 Å². The topological polar surface area (TPSA) is 42.7 Å². The minimum absolute atomic E-state index is 0.360. The molecule has 1 unspecified atom stereocenters. The summed E-state index contributed by atoms with van der Waals surface area (Å²) < 4.78 is 2.00. The van der Waals surface area contributed by atoms with Crippen LogP contribution in [0.2, 0.25) is 0 Å². The van der Waals surface area contributed by atoms with Crippen LogP contribution in [0.5, 0.6) is 0 Å². The Labute approximate surface area is 107 Å². The SMILES string of the molecule is CC(C)n1ncnc1CC1NCc2ccccc21. The minimum atomic E-state index is 0.360. The van der Waals surface area contributed by atoms with E-state index < -0.39 is 0 Å². The second-order valence-electron chi connectivity index (χ2n) is 5.05. The van der Waals surface area contributed by atoms with Crippen LogP contribution < -0.4 is 5.32 Å². The molecule has 0 saturated heterocycles. The first-order valence-electron chi connectivity index (χ1n) is 6.45. The van der Waals surface area contributed by atoms with Crippen molar-refractivity contribution in [3.63, 3.8) is 0 Å². The molecule has 0 spiro atoms. The number of hydrogen-bond acceptors (Lipinski definition) is 3. The van der Waals surface area contributed by atoms with Gasteiger partial charge < -0.3 is 5.32 Å². The Kier molecular flexibility index (Phi) is 2.88. The van der Waals surface area contributed by atoms with Gasteiger partial charge >= 0.3 is 0 Å². The molecule has 4 heteroatoms. The molecule has 3 rings (SSSR count). The van der Waals surface area contributed by atoms with E-state index in [-0.39, 0.29) is 0 Å².